The number of fused-ring (bicyclic) bond motifs is 1. The fourth-order valence-corrected chi connectivity index (χ4v) is 4.31. The number of hydrogen-bond donors (Lipinski definition) is 1. The predicted octanol–water partition coefficient (Wildman–Crippen LogP) is 3.73. The van der Waals surface area contributed by atoms with Crippen molar-refractivity contribution in [1.29, 1.82) is 0 Å². The molecule has 0 aromatic carbocycles. The summed E-state index contributed by atoms with van der Waals surface area (Å²) in [4.78, 5) is 24.6. The van der Waals surface area contributed by atoms with Gasteiger partial charge < -0.3 is 9.84 Å². The van der Waals surface area contributed by atoms with Crippen LogP contribution in [0.4, 0.5) is 0 Å². The van der Waals surface area contributed by atoms with Crippen LogP contribution in [0.5, 0.6) is 0 Å². The zero-order valence-corrected chi connectivity index (χ0v) is 15.7. The second kappa shape index (κ2) is 6.47. The summed E-state index contributed by atoms with van der Waals surface area (Å²) < 4.78 is 5.62. The van der Waals surface area contributed by atoms with E-state index in [9.17, 15) is 14.7 Å². The van der Waals surface area contributed by atoms with E-state index in [1.165, 1.54) is 0 Å². The van der Waals surface area contributed by atoms with E-state index in [4.69, 9.17) is 4.74 Å². The topological polar surface area (TPSA) is 63.6 Å². The quantitative estimate of drug-likeness (QED) is 0.617. The Morgan fingerprint density at radius 3 is 2.46 bits per heavy atom. The number of rotatable bonds is 2. The Balaban J connectivity index is 2.31. The third kappa shape index (κ3) is 3.21. The highest BCUT2D eigenvalue weighted by Gasteiger charge is 2.57. The van der Waals surface area contributed by atoms with Gasteiger partial charge in [-0.25, -0.2) is 4.79 Å². The largest absolute Gasteiger partial charge is 0.456 e. The third-order valence-corrected chi connectivity index (χ3v) is 6.09. The molecule has 1 N–H and O–H groups in total. The summed E-state index contributed by atoms with van der Waals surface area (Å²) in [6.07, 6.45) is 3.56. The van der Waals surface area contributed by atoms with E-state index in [0.29, 0.717) is 24.8 Å². The van der Waals surface area contributed by atoms with Crippen LogP contribution in [0, 0.1) is 11.3 Å². The Bertz CT molecular complexity index is 607. The second-order valence-electron chi connectivity index (χ2n) is 8.12. The van der Waals surface area contributed by atoms with E-state index >= 15 is 0 Å². The number of aliphatic hydroxyl groups is 1. The van der Waals surface area contributed by atoms with Crippen LogP contribution < -0.4 is 0 Å². The van der Waals surface area contributed by atoms with Crippen molar-refractivity contribution in [3.63, 3.8) is 0 Å². The van der Waals surface area contributed by atoms with Gasteiger partial charge in [-0.15, -0.1) is 0 Å². The van der Waals surface area contributed by atoms with E-state index < -0.39 is 11.7 Å². The summed E-state index contributed by atoms with van der Waals surface area (Å²) in [5.74, 6) is -0.268. The lowest BCUT2D eigenvalue weighted by Crippen LogP contribution is -2.59. The predicted molar refractivity (Wildman–Crippen MR) is 93.4 cm³/mol. The fraction of sp³-hybridized carbons (Fsp3) is 0.700. The van der Waals surface area contributed by atoms with Gasteiger partial charge in [-0.2, -0.15) is 0 Å². The maximum atomic E-state index is 12.5. The van der Waals surface area contributed by atoms with Crippen LogP contribution in [0.1, 0.15) is 67.2 Å². The van der Waals surface area contributed by atoms with E-state index in [0.717, 1.165) is 17.6 Å². The first-order valence-corrected chi connectivity index (χ1v) is 8.78. The van der Waals surface area contributed by atoms with E-state index in [-0.39, 0.29) is 23.1 Å². The first-order chi connectivity index (χ1) is 11.0. The van der Waals surface area contributed by atoms with Crippen molar-refractivity contribution in [3.8, 4) is 0 Å². The zero-order chi connectivity index (χ0) is 18.3. The molecule has 134 valence electrons. The molecule has 2 saturated carbocycles. The Morgan fingerprint density at radius 2 is 1.92 bits per heavy atom. The minimum Gasteiger partial charge on any atom is -0.456 e. The smallest absolute Gasteiger partial charge is 0.333 e. The first-order valence-electron chi connectivity index (χ1n) is 8.78. The Labute approximate surface area is 145 Å². The van der Waals surface area contributed by atoms with Gasteiger partial charge in [0.25, 0.3) is 0 Å². The van der Waals surface area contributed by atoms with Gasteiger partial charge >= 0.3 is 5.97 Å². The summed E-state index contributed by atoms with van der Waals surface area (Å²) in [7, 11) is 0. The van der Waals surface area contributed by atoms with Crippen molar-refractivity contribution in [2.45, 2.75) is 78.9 Å². The SMILES string of the molecule is C/C=C(\C)C(=O)O[C@@H]1CC[C@]2(C)CC(=O)C(=C(C)C)C[C@H]2[C@]1(C)O. The molecule has 0 heterocycles. The molecule has 0 aromatic rings. The minimum absolute atomic E-state index is 0.0925. The number of carbonyl (C=O) groups is 2. The van der Waals surface area contributed by atoms with Crippen molar-refractivity contribution in [2.75, 3.05) is 0 Å². The standard InChI is InChI=1S/C20H30O4/c1-7-13(4)18(22)24-17-8-9-19(5)11-15(21)14(12(2)3)10-16(19)20(17,6)23/h7,16-17,23H,8-11H2,1-6H3/b13-7+/t16-,17-,19-,20+/m1/s1. The molecular formula is C20H30O4. The molecular weight excluding hydrogens is 304 g/mol. The molecule has 2 fully saturated rings. The van der Waals surface area contributed by atoms with Gasteiger partial charge in [-0.3, -0.25) is 4.79 Å². The lowest BCUT2D eigenvalue weighted by molar-refractivity contribution is -0.197. The highest BCUT2D eigenvalue weighted by molar-refractivity contribution is 5.97. The molecule has 0 radical (unpaired) electrons. The molecule has 4 nitrogen and oxygen atoms in total. The molecule has 2 aliphatic carbocycles. The molecule has 0 spiro atoms. The van der Waals surface area contributed by atoms with Gasteiger partial charge in [0, 0.05) is 17.9 Å². The monoisotopic (exact) mass is 334 g/mol. The number of Topliss-reactive ketones (excluding diaryl/α,β-unsaturated/α-hetero) is 1. The maximum Gasteiger partial charge on any atom is 0.333 e. The summed E-state index contributed by atoms with van der Waals surface area (Å²) in [5, 5.41) is 11.3. The molecule has 0 saturated heterocycles. The van der Waals surface area contributed by atoms with Crippen molar-refractivity contribution < 1.29 is 19.4 Å². The van der Waals surface area contributed by atoms with E-state index in [1.54, 1.807) is 26.8 Å². The lowest BCUT2D eigenvalue weighted by Gasteiger charge is -2.55. The number of esters is 1. The molecule has 0 aliphatic heterocycles. The molecule has 2 rings (SSSR count). The Kier molecular flexibility index (Phi) is 5.10. The summed E-state index contributed by atoms with van der Waals surface area (Å²) >= 11 is 0. The fourth-order valence-electron chi connectivity index (χ4n) is 4.31. The van der Waals surface area contributed by atoms with Crippen molar-refractivity contribution in [3.05, 3.63) is 22.8 Å². The van der Waals surface area contributed by atoms with Gasteiger partial charge in [-0.1, -0.05) is 18.6 Å². The van der Waals surface area contributed by atoms with Crippen LogP contribution in [-0.4, -0.2) is 28.6 Å². The number of allylic oxidation sites excluding steroid dienone is 3. The Morgan fingerprint density at radius 1 is 1.29 bits per heavy atom. The third-order valence-electron chi connectivity index (χ3n) is 6.09. The van der Waals surface area contributed by atoms with Crippen LogP contribution in [0.15, 0.2) is 22.8 Å². The molecule has 0 aromatic heterocycles. The molecule has 0 bridgehead atoms. The van der Waals surface area contributed by atoms with Crippen LogP contribution in [0.25, 0.3) is 0 Å². The summed E-state index contributed by atoms with van der Waals surface area (Å²) in [6, 6.07) is 0. The first kappa shape index (κ1) is 18.9. The average Bonchev–Trinajstić information content (AvgIpc) is 2.48. The van der Waals surface area contributed by atoms with Crippen LogP contribution in [-0.2, 0) is 14.3 Å². The molecule has 4 heteroatoms. The van der Waals surface area contributed by atoms with Gasteiger partial charge in [0.2, 0.25) is 0 Å². The number of carbonyl (C=O) groups excluding carboxylic acids is 2. The molecule has 2 aliphatic rings. The molecule has 24 heavy (non-hydrogen) atoms. The molecule has 0 amide bonds. The van der Waals surface area contributed by atoms with Crippen molar-refractivity contribution in [1.82, 2.24) is 0 Å². The summed E-state index contributed by atoms with van der Waals surface area (Å²) in [5.41, 5.74) is 1.01. The highest BCUT2D eigenvalue weighted by atomic mass is 16.6. The molecule has 0 unspecified atom stereocenters. The zero-order valence-electron chi connectivity index (χ0n) is 15.7. The van der Waals surface area contributed by atoms with Crippen LogP contribution >= 0.6 is 0 Å². The molecule has 4 atom stereocenters. The number of hydrogen-bond acceptors (Lipinski definition) is 4. The van der Waals surface area contributed by atoms with Gasteiger partial charge in [-0.05, 0) is 64.9 Å². The van der Waals surface area contributed by atoms with Crippen molar-refractivity contribution in [2.24, 2.45) is 11.3 Å². The second-order valence-corrected chi connectivity index (χ2v) is 8.12. The van der Waals surface area contributed by atoms with E-state index in [1.807, 2.05) is 13.8 Å². The van der Waals surface area contributed by atoms with Crippen LogP contribution in [0.3, 0.4) is 0 Å². The van der Waals surface area contributed by atoms with Gasteiger partial charge in [0.15, 0.2) is 5.78 Å². The summed E-state index contributed by atoms with van der Waals surface area (Å²) in [6.45, 7) is 11.2. The lowest BCUT2D eigenvalue weighted by atomic mass is 9.53. The van der Waals surface area contributed by atoms with Gasteiger partial charge in [0.05, 0.1) is 0 Å². The van der Waals surface area contributed by atoms with E-state index in [2.05, 4.69) is 6.92 Å². The maximum absolute atomic E-state index is 12.5. The average molecular weight is 334 g/mol. The number of ketones is 1. The normalized spacial score (nSPS) is 37.0. The van der Waals surface area contributed by atoms with Gasteiger partial charge in [0.1, 0.15) is 11.7 Å². The Hall–Kier alpha value is -1.42. The number of ether oxygens (including phenoxy) is 1. The van der Waals surface area contributed by atoms with Crippen LogP contribution in [0.2, 0.25) is 0 Å². The van der Waals surface area contributed by atoms with Crippen molar-refractivity contribution >= 4 is 11.8 Å². The minimum atomic E-state index is -1.14. The highest BCUT2D eigenvalue weighted by Crippen LogP contribution is 2.55.